The van der Waals surface area contributed by atoms with Gasteiger partial charge in [-0.05, 0) is 38.2 Å². The largest absolute Gasteiger partial charge is 0.492 e. The molecule has 7 nitrogen and oxygen atoms in total. The van der Waals surface area contributed by atoms with Crippen LogP contribution in [0.3, 0.4) is 0 Å². The quantitative estimate of drug-likeness (QED) is 0.581. The van der Waals surface area contributed by atoms with Crippen LogP contribution in [0.5, 0.6) is 5.75 Å². The van der Waals surface area contributed by atoms with Gasteiger partial charge >= 0.3 is 0 Å². The first-order valence-corrected chi connectivity index (χ1v) is 10.8. The Kier molecular flexibility index (Phi) is 6.34. The Hall–Kier alpha value is -3.10. The Balaban J connectivity index is 1.88. The molecule has 3 aromatic rings. The van der Waals surface area contributed by atoms with Gasteiger partial charge in [0.1, 0.15) is 11.6 Å². The van der Waals surface area contributed by atoms with E-state index in [0.717, 1.165) is 31.9 Å². The van der Waals surface area contributed by atoms with Crippen LogP contribution in [0.25, 0.3) is 10.9 Å². The van der Waals surface area contributed by atoms with Crippen LogP contribution >= 0.6 is 11.6 Å². The van der Waals surface area contributed by atoms with Crippen molar-refractivity contribution in [1.82, 2.24) is 9.88 Å². The monoisotopic (exact) mass is 457 g/mol. The summed E-state index contributed by atoms with van der Waals surface area (Å²) in [4.78, 5) is 21.1. The predicted octanol–water partition coefficient (Wildman–Crippen LogP) is 4.02. The molecule has 0 bridgehead atoms. The number of nitrogens with two attached hydrogens (primary N) is 1. The molecule has 4 rings (SSSR count). The molecule has 0 saturated carbocycles. The number of anilines is 3. The van der Waals surface area contributed by atoms with Crippen LogP contribution in [0, 0.1) is 5.82 Å². The van der Waals surface area contributed by atoms with E-state index in [0.29, 0.717) is 28.9 Å². The summed E-state index contributed by atoms with van der Waals surface area (Å²) in [7, 11) is 2.09. The lowest BCUT2D eigenvalue weighted by molar-refractivity contribution is 0.100. The van der Waals surface area contributed by atoms with E-state index < -0.39 is 11.7 Å². The SMILES string of the molecule is CCOc1cc2ncc(C(N)=O)c(Nc3ccc(Cl)cc3F)c2cc1N1CCN(C)CC1. The number of pyridine rings is 1. The number of carbonyl (C=O) groups excluding carboxylic acids is 1. The summed E-state index contributed by atoms with van der Waals surface area (Å²) in [5, 5.41) is 3.96. The summed E-state index contributed by atoms with van der Waals surface area (Å²) in [6.45, 7) is 5.94. The van der Waals surface area contributed by atoms with Gasteiger partial charge in [0, 0.05) is 48.9 Å². The molecule has 1 aliphatic heterocycles. The van der Waals surface area contributed by atoms with Crippen LogP contribution in [0.2, 0.25) is 5.02 Å². The normalized spacial score (nSPS) is 14.6. The molecule has 3 N–H and O–H groups in total. The van der Waals surface area contributed by atoms with Crippen LogP contribution in [-0.2, 0) is 0 Å². The standard InChI is InChI=1S/C23H25ClFN5O2/c1-3-32-21-12-19-15(11-20(21)30-8-6-29(2)7-9-30)22(16(13-27-19)23(26)31)28-18-5-4-14(24)10-17(18)25/h4-5,10-13H,3,6-9H2,1-2H3,(H2,26,31)(H,27,28). The van der Waals surface area contributed by atoms with Gasteiger partial charge < -0.3 is 25.6 Å². The number of benzene rings is 2. The number of nitrogens with one attached hydrogen (secondary N) is 1. The molecule has 0 aliphatic carbocycles. The lowest BCUT2D eigenvalue weighted by Gasteiger charge is -2.35. The van der Waals surface area contributed by atoms with Crippen LogP contribution in [-0.4, -0.2) is 55.6 Å². The van der Waals surface area contributed by atoms with E-state index in [1.54, 1.807) is 6.07 Å². The zero-order valence-corrected chi connectivity index (χ0v) is 18.7. The maximum atomic E-state index is 14.5. The second-order valence-electron chi connectivity index (χ2n) is 7.72. The maximum absolute atomic E-state index is 14.5. The molecule has 0 radical (unpaired) electrons. The summed E-state index contributed by atoms with van der Waals surface area (Å²) in [5.41, 5.74) is 7.86. The van der Waals surface area contributed by atoms with E-state index >= 15 is 0 Å². The van der Waals surface area contributed by atoms with Crippen LogP contribution < -0.4 is 20.7 Å². The number of nitrogens with zero attached hydrogens (tertiary/aromatic N) is 3. The first-order chi connectivity index (χ1) is 15.4. The third-order valence-corrected chi connectivity index (χ3v) is 5.78. The minimum atomic E-state index is -0.661. The second-order valence-corrected chi connectivity index (χ2v) is 8.16. The Labute approximate surface area is 190 Å². The maximum Gasteiger partial charge on any atom is 0.252 e. The summed E-state index contributed by atoms with van der Waals surface area (Å²) in [6.07, 6.45) is 1.39. The van der Waals surface area contributed by atoms with Crippen molar-refractivity contribution in [3.8, 4) is 5.75 Å². The van der Waals surface area contributed by atoms with Gasteiger partial charge in [0.2, 0.25) is 0 Å². The Bertz CT molecular complexity index is 1160. The zero-order valence-electron chi connectivity index (χ0n) is 18.0. The molecule has 2 heterocycles. The minimum absolute atomic E-state index is 0.167. The lowest BCUT2D eigenvalue weighted by Crippen LogP contribution is -2.44. The number of halogens is 2. The molecule has 9 heteroatoms. The third-order valence-electron chi connectivity index (χ3n) is 5.55. The number of ether oxygens (including phenoxy) is 1. The number of amides is 1. The van der Waals surface area contributed by atoms with E-state index in [1.807, 2.05) is 19.1 Å². The molecule has 0 spiro atoms. The summed E-state index contributed by atoms with van der Waals surface area (Å²) in [5.74, 6) is -0.484. The molecular weight excluding hydrogens is 433 g/mol. The number of likely N-dealkylation sites (N-methyl/N-ethyl adjacent to an activating group) is 1. The fourth-order valence-corrected chi connectivity index (χ4v) is 3.98. The molecule has 0 unspecified atom stereocenters. The Morgan fingerprint density at radius 2 is 2.00 bits per heavy atom. The van der Waals surface area contributed by atoms with E-state index in [1.165, 1.54) is 18.3 Å². The van der Waals surface area contributed by atoms with Crippen molar-refractivity contribution in [2.45, 2.75) is 6.92 Å². The first kappa shape index (κ1) is 22.1. The number of hydrogen-bond donors (Lipinski definition) is 2. The molecule has 1 aromatic heterocycles. The van der Waals surface area contributed by atoms with Gasteiger partial charge in [0.15, 0.2) is 0 Å². The van der Waals surface area contributed by atoms with Gasteiger partial charge in [0.25, 0.3) is 5.91 Å². The van der Waals surface area contributed by atoms with Crippen LogP contribution in [0.4, 0.5) is 21.5 Å². The van der Waals surface area contributed by atoms with Crippen LogP contribution in [0.1, 0.15) is 17.3 Å². The molecule has 32 heavy (non-hydrogen) atoms. The average Bonchev–Trinajstić information content (AvgIpc) is 2.76. The fraction of sp³-hybridized carbons (Fsp3) is 0.304. The summed E-state index contributed by atoms with van der Waals surface area (Å²) < 4.78 is 20.4. The van der Waals surface area contributed by atoms with Gasteiger partial charge in [-0.15, -0.1) is 0 Å². The highest BCUT2D eigenvalue weighted by atomic mass is 35.5. The highest BCUT2D eigenvalue weighted by Gasteiger charge is 2.22. The van der Waals surface area contributed by atoms with Gasteiger partial charge in [-0.2, -0.15) is 0 Å². The number of piperazine rings is 1. The molecule has 1 fully saturated rings. The Morgan fingerprint density at radius 1 is 1.25 bits per heavy atom. The van der Waals surface area contributed by atoms with E-state index in [4.69, 9.17) is 22.1 Å². The molecule has 168 valence electrons. The molecule has 2 aromatic carbocycles. The number of carbonyl (C=O) groups is 1. The molecular formula is C23H25ClFN5O2. The number of aromatic nitrogens is 1. The first-order valence-electron chi connectivity index (χ1n) is 10.4. The topological polar surface area (TPSA) is 83.7 Å². The fourth-order valence-electron chi connectivity index (χ4n) is 3.82. The summed E-state index contributed by atoms with van der Waals surface area (Å²) >= 11 is 5.89. The van der Waals surface area contributed by atoms with Crippen molar-refractivity contribution in [2.24, 2.45) is 5.73 Å². The molecule has 1 amide bonds. The number of fused-ring (bicyclic) bond motifs is 1. The minimum Gasteiger partial charge on any atom is -0.492 e. The highest BCUT2D eigenvalue weighted by Crippen LogP contribution is 2.38. The highest BCUT2D eigenvalue weighted by molar-refractivity contribution is 6.30. The van der Waals surface area contributed by atoms with Crippen molar-refractivity contribution < 1.29 is 13.9 Å². The van der Waals surface area contributed by atoms with Gasteiger partial charge in [0.05, 0.1) is 34.7 Å². The Morgan fingerprint density at radius 3 is 2.66 bits per heavy atom. The molecule has 0 atom stereocenters. The predicted molar refractivity (Wildman–Crippen MR) is 126 cm³/mol. The lowest BCUT2D eigenvalue weighted by atomic mass is 10.1. The smallest absolute Gasteiger partial charge is 0.252 e. The van der Waals surface area contributed by atoms with Crippen LogP contribution in [0.15, 0.2) is 36.5 Å². The van der Waals surface area contributed by atoms with Crippen molar-refractivity contribution >= 4 is 45.5 Å². The van der Waals surface area contributed by atoms with Crippen molar-refractivity contribution in [2.75, 3.05) is 50.1 Å². The molecule has 1 saturated heterocycles. The second kappa shape index (κ2) is 9.18. The van der Waals surface area contributed by atoms with E-state index in [9.17, 15) is 9.18 Å². The number of primary amides is 1. The van der Waals surface area contributed by atoms with Crippen molar-refractivity contribution in [1.29, 1.82) is 0 Å². The number of hydrogen-bond acceptors (Lipinski definition) is 6. The number of rotatable bonds is 6. The van der Waals surface area contributed by atoms with Crippen molar-refractivity contribution in [3.05, 3.63) is 52.9 Å². The average molecular weight is 458 g/mol. The summed E-state index contributed by atoms with van der Waals surface area (Å²) in [6, 6.07) is 8.08. The molecule has 1 aliphatic rings. The van der Waals surface area contributed by atoms with Crippen molar-refractivity contribution in [3.63, 3.8) is 0 Å². The third kappa shape index (κ3) is 4.42. The van der Waals surface area contributed by atoms with Gasteiger partial charge in [-0.1, -0.05) is 11.6 Å². The zero-order chi connectivity index (χ0) is 22.8. The van der Waals surface area contributed by atoms with E-state index in [2.05, 4.69) is 27.1 Å². The van der Waals surface area contributed by atoms with E-state index in [-0.39, 0.29) is 16.3 Å². The van der Waals surface area contributed by atoms with Gasteiger partial charge in [-0.25, -0.2) is 4.39 Å². The van der Waals surface area contributed by atoms with Gasteiger partial charge in [-0.3, -0.25) is 9.78 Å².